The first-order valence-electron chi connectivity index (χ1n) is 4.91. The van der Waals surface area contributed by atoms with Crippen molar-refractivity contribution in [3.05, 3.63) is 27.7 Å². The molecule has 1 aromatic rings. The first-order chi connectivity index (χ1) is 6.86. The lowest BCUT2D eigenvalue weighted by Gasteiger charge is -2.21. The van der Waals surface area contributed by atoms with Gasteiger partial charge in [0.2, 0.25) is 5.43 Å². The van der Waals surface area contributed by atoms with Crippen LogP contribution >= 0.6 is 0 Å². The van der Waals surface area contributed by atoms with Gasteiger partial charge in [0.05, 0.1) is 5.69 Å². The zero-order valence-corrected chi connectivity index (χ0v) is 9.90. The molecule has 0 radical (unpaired) electrons. The second-order valence-electron chi connectivity index (χ2n) is 4.10. The highest BCUT2D eigenvalue weighted by molar-refractivity contribution is 5.31. The molecular weight excluding hydrogens is 192 g/mol. The summed E-state index contributed by atoms with van der Waals surface area (Å²) in [6.45, 7) is 3.66. The van der Waals surface area contributed by atoms with E-state index < -0.39 is 0 Å². The molecule has 1 aromatic heterocycles. The quantitative estimate of drug-likeness (QED) is 0.792. The second-order valence-corrected chi connectivity index (χ2v) is 4.10. The molecular formula is C11H18N2O2. The maximum atomic E-state index is 11.8. The highest BCUT2D eigenvalue weighted by Gasteiger charge is 2.16. The summed E-state index contributed by atoms with van der Waals surface area (Å²) in [4.78, 5) is 13.7. The monoisotopic (exact) mass is 210 g/mol. The Bertz CT molecular complexity index is 421. The second kappa shape index (κ2) is 4.06. The first-order valence-corrected chi connectivity index (χ1v) is 4.91. The van der Waals surface area contributed by atoms with Gasteiger partial charge in [0.25, 0.3) is 0 Å². The molecule has 4 heteroatoms. The standard InChI is InChI=1S/C11H18N2O2/c1-7(12(3)4)9-6-13(5)8(2)10(14)11(9)15/h6-7,14H,1-5H3. The summed E-state index contributed by atoms with van der Waals surface area (Å²) in [5, 5.41) is 9.65. The van der Waals surface area contributed by atoms with Crippen LogP contribution < -0.4 is 5.43 Å². The van der Waals surface area contributed by atoms with Crippen molar-refractivity contribution in [1.29, 1.82) is 0 Å². The fourth-order valence-electron chi connectivity index (χ4n) is 1.41. The molecule has 0 spiro atoms. The average molecular weight is 210 g/mol. The van der Waals surface area contributed by atoms with Crippen LogP contribution in [0.3, 0.4) is 0 Å². The van der Waals surface area contributed by atoms with Crippen molar-refractivity contribution in [3.63, 3.8) is 0 Å². The molecule has 1 unspecified atom stereocenters. The van der Waals surface area contributed by atoms with E-state index in [9.17, 15) is 9.90 Å². The molecule has 0 aliphatic rings. The van der Waals surface area contributed by atoms with Gasteiger partial charge in [-0.25, -0.2) is 0 Å². The third kappa shape index (κ3) is 2.04. The van der Waals surface area contributed by atoms with E-state index in [1.165, 1.54) is 0 Å². The van der Waals surface area contributed by atoms with Gasteiger partial charge in [0, 0.05) is 24.8 Å². The molecule has 0 saturated carbocycles. The summed E-state index contributed by atoms with van der Waals surface area (Å²) in [5.41, 5.74) is 0.937. The van der Waals surface area contributed by atoms with Crippen LogP contribution in [0.4, 0.5) is 0 Å². The number of hydrogen-bond acceptors (Lipinski definition) is 3. The highest BCUT2D eigenvalue weighted by atomic mass is 16.3. The number of rotatable bonds is 2. The Morgan fingerprint density at radius 1 is 1.47 bits per heavy atom. The molecule has 1 N–H and O–H groups in total. The van der Waals surface area contributed by atoms with Gasteiger partial charge in [-0.15, -0.1) is 0 Å². The van der Waals surface area contributed by atoms with Gasteiger partial charge in [-0.3, -0.25) is 4.79 Å². The van der Waals surface area contributed by atoms with E-state index in [2.05, 4.69) is 0 Å². The van der Waals surface area contributed by atoms with Crippen LogP contribution in [0.1, 0.15) is 24.2 Å². The Morgan fingerprint density at radius 2 is 2.00 bits per heavy atom. The number of aryl methyl sites for hydroxylation is 1. The summed E-state index contributed by atoms with van der Waals surface area (Å²) < 4.78 is 1.77. The Kier molecular flexibility index (Phi) is 3.19. The van der Waals surface area contributed by atoms with Crippen molar-refractivity contribution in [2.24, 2.45) is 7.05 Å². The molecule has 0 bridgehead atoms. The first kappa shape index (κ1) is 11.8. The van der Waals surface area contributed by atoms with E-state index >= 15 is 0 Å². The molecule has 0 aromatic carbocycles. The van der Waals surface area contributed by atoms with Crippen molar-refractivity contribution >= 4 is 0 Å². The van der Waals surface area contributed by atoms with E-state index in [1.54, 1.807) is 17.7 Å². The van der Waals surface area contributed by atoms with Crippen LogP contribution in [-0.2, 0) is 7.05 Å². The molecule has 15 heavy (non-hydrogen) atoms. The van der Waals surface area contributed by atoms with Gasteiger partial charge in [-0.2, -0.15) is 0 Å². The minimum atomic E-state index is -0.271. The van der Waals surface area contributed by atoms with Crippen LogP contribution in [0.2, 0.25) is 0 Å². The largest absolute Gasteiger partial charge is 0.503 e. The molecule has 0 amide bonds. The summed E-state index contributed by atoms with van der Waals surface area (Å²) in [6, 6.07) is -0.00444. The number of hydrogen-bond donors (Lipinski definition) is 1. The van der Waals surface area contributed by atoms with Crippen molar-refractivity contribution in [2.45, 2.75) is 19.9 Å². The zero-order chi connectivity index (χ0) is 11.7. The van der Waals surface area contributed by atoms with Crippen LogP contribution in [-0.4, -0.2) is 28.7 Å². The summed E-state index contributed by atoms with van der Waals surface area (Å²) >= 11 is 0. The Morgan fingerprint density at radius 3 is 2.47 bits per heavy atom. The van der Waals surface area contributed by atoms with E-state index in [4.69, 9.17) is 0 Å². The van der Waals surface area contributed by atoms with Gasteiger partial charge < -0.3 is 14.6 Å². The van der Waals surface area contributed by atoms with Gasteiger partial charge >= 0.3 is 0 Å². The lowest BCUT2D eigenvalue weighted by Crippen LogP contribution is -2.25. The lowest BCUT2D eigenvalue weighted by molar-refractivity contribution is 0.316. The van der Waals surface area contributed by atoms with Gasteiger partial charge in [-0.1, -0.05) is 0 Å². The fourth-order valence-corrected chi connectivity index (χ4v) is 1.41. The number of aromatic nitrogens is 1. The smallest absolute Gasteiger partial charge is 0.228 e. The highest BCUT2D eigenvalue weighted by Crippen LogP contribution is 2.18. The van der Waals surface area contributed by atoms with E-state index in [0.717, 1.165) is 0 Å². The molecule has 1 heterocycles. The van der Waals surface area contributed by atoms with Crippen LogP contribution in [0, 0.1) is 6.92 Å². The zero-order valence-electron chi connectivity index (χ0n) is 9.90. The molecule has 1 rings (SSSR count). The maximum Gasteiger partial charge on any atom is 0.228 e. The topological polar surface area (TPSA) is 45.5 Å². The molecule has 4 nitrogen and oxygen atoms in total. The Hall–Kier alpha value is -1.29. The SMILES string of the molecule is Cc1c(O)c(=O)c(C(C)N(C)C)cn1C. The van der Waals surface area contributed by atoms with E-state index in [1.807, 2.05) is 33.0 Å². The minimum absolute atomic E-state index is 0.00444. The fraction of sp³-hybridized carbons (Fsp3) is 0.545. The summed E-state index contributed by atoms with van der Waals surface area (Å²) in [5.74, 6) is -0.149. The molecule has 0 fully saturated rings. The Labute approximate surface area is 89.8 Å². The van der Waals surface area contributed by atoms with Crippen LogP contribution in [0.5, 0.6) is 5.75 Å². The third-order valence-corrected chi connectivity index (χ3v) is 2.91. The molecule has 0 aliphatic carbocycles. The minimum Gasteiger partial charge on any atom is -0.503 e. The van der Waals surface area contributed by atoms with Crippen molar-refractivity contribution in [2.75, 3.05) is 14.1 Å². The maximum absolute atomic E-state index is 11.8. The number of pyridine rings is 1. The van der Waals surface area contributed by atoms with Crippen LogP contribution in [0.25, 0.3) is 0 Å². The van der Waals surface area contributed by atoms with Crippen molar-refractivity contribution in [3.8, 4) is 5.75 Å². The van der Waals surface area contributed by atoms with Gasteiger partial charge in [0.1, 0.15) is 0 Å². The Balaban J connectivity index is 3.39. The van der Waals surface area contributed by atoms with Crippen LogP contribution in [0.15, 0.2) is 11.0 Å². The third-order valence-electron chi connectivity index (χ3n) is 2.91. The predicted molar refractivity (Wildman–Crippen MR) is 60.2 cm³/mol. The normalized spacial score (nSPS) is 13.2. The van der Waals surface area contributed by atoms with Gasteiger partial charge in [0.15, 0.2) is 5.75 Å². The molecule has 84 valence electrons. The predicted octanol–water partition coefficient (Wildman–Crippen LogP) is 1.02. The molecule has 0 saturated heterocycles. The summed E-state index contributed by atoms with van der Waals surface area (Å²) in [6.07, 6.45) is 1.78. The van der Waals surface area contributed by atoms with E-state index in [-0.39, 0.29) is 17.2 Å². The molecule has 0 aliphatic heterocycles. The van der Waals surface area contributed by atoms with Crippen molar-refractivity contribution < 1.29 is 5.11 Å². The summed E-state index contributed by atoms with van der Waals surface area (Å²) in [7, 11) is 5.63. The van der Waals surface area contributed by atoms with E-state index in [0.29, 0.717) is 11.3 Å². The molecule has 1 atom stereocenters. The van der Waals surface area contributed by atoms with Crippen molar-refractivity contribution in [1.82, 2.24) is 9.47 Å². The number of nitrogens with zero attached hydrogens (tertiary/aromatic N) is 2. The van der Waals surface area contributed by atoms with Gasteiger partial charge in [-0.05, 0) is 27.9 Å². The number of aromatic hydroxyl groups is 1. The average Bonchev–Trinajstić information content (AvgIpc) is 2.19. The lowest BCUT2D eigenvalue weighted by atomic mass is 10.1.